The zero-order valence-electron chi connectivity index (χ0n) is 20.7. The third-order valence-electron chi connectivity index (χ3n) is 6.06. The first-order valence-corrected chi connectivity index (χ1v) is 11.7. The fraction of sp³-hybridized carbons (Fsp3) is 0.423. The molecular weight excluding hydrogens is 448 g/mol. The van der Waals surface area contributed by atoms with Crippen LogP contribution in [0.2, 0.25) is 0 Å². The Bertz CT molecular complexity index is 1030. The lowest BCUT2D eigenvalue weighted by atomic mass is 10.0. The molecule has 1 aliphatic rings. The molecule has 0 saturated carbocycles. The number of aryl methyl sites for hydroxylation is 1. The number of ether oxygens (including phenoxy) is 2. The Balaban J connectivity index is 1.57. The molecule has 3 rings (SSSR count). The summed E-state index contributed by atoms with van der Waals surface area (Å²) in [5, 5.41) is 8.74. The van der Waals surface area contributed by atoms with Crippen molar-refractivity contribution in [2.75, 3.05) is 32.6 Å². The number of benzene rings is 2. The minimum atomic E-state index is -0.744. The molecule has 1 fully saturated rings. The van der Waals surface area contributed by atoms with Crippen molar-refractivity contribution in [3.05, 3.63) is 53.6 Å². The van der Waals surface area contributed by atoms with E-state index in [2.05, 4.69) is 16.0 Å². The summed E-state index contributed by atoms with van der Waals surface area (Å²) in [6.07, 6.45) is 1.55. The summed E-state index contributed by atoms with van der Waals surface area (Å²) in [4.78, 5) is 39.3. The topological polar surface area (TPSA) is 109 Å². The number of anilines is 1. The fourth-order valence-electron chi connectivity index (χ4n) is 4.11. The van der Waals surface area contributed by atoms with E-state index in [1.807, 2.05) is 43.3 Å². The first-order chi connectivity index (χ1) is 16.8. The fourth-order valence-corrected chi connectivity index (χ4v) is 4.11. The maximum Gasteiger partial charge on any atom is 0.321 e. The van der Waals surface area contributed by atoms with Crippen LogP contribution < -0.4 is 25.4 Å². The lowest BCUT2D eigenvalue weighted by Crippen LogP contribution is -2.53. The summed E-state index contributed by atoms with van der Waals surface area (Å²) >= 11 is 0. The van der Waals surface area contributed by atoms with Crippen LogP contribution in [0.25, 0.3) is 0 Å². The molecule has 1 heterocycles. The molecule has 35 heavy (non-hydrogen) atoms. The molecule has 1 aliphatic heterocycles. The second-order valence-electron chi connectivity index (χ2n) is 8.69. The molecule has 0 unspecified atom stereocenters. The summed E-state index contributed by atoms with van der Waals surface area (Å²) in [6, 6.07) is 12.0. The Morgan fingerprint density at radius 2 is 1.66 bits per heavy atom. The van der Waals surface area contributed by atoms with Crippen LogP contribution in [0.4, 0.5) is 10.5 Å². The van der Waals surface area contributed by atoms with Crippen LogP contribution in [0.1, 0.15) is 30.9 Å². The second-order valence-corrected chi connectivity index (χ2v) is 8.69. The van der Waals surface area contributed by atoms with E-state index in [-0.39, 0.29) is 30.3 Å². The first kappa shape index (κ1) is 25.9. The standard InChI is InChI=1S/C26H34N4O5/c1-17-7-5-6-8-23(17)29-26(33)30-11-9-20(10-12-30)28-25(32)24(27-18(2)31)15-19-13-21(34-3)16-22(14-19)35-4/h5-8,13-14,16,20,24H,9-12,15H2,1-4H3,(H,27,31)(H,28,32)(H,29,33)/t24-/m0/s1. The molecule has 0 aliphatic carbocycles. The summed E-state index contributed by atoms with van der Waals surface area (Å²) in [5.41, 5.74) is 2.60. The number of para-hydroxylation sites is 1. The van der Waals surface area contributed by atoms with Crippen molar-refractivity contribution in [1.82, 2.24) is 15.5 Å². The first-order valence-electron chi connectivity index (χ1n) is 11.7. The van der Waals surface area contributed by atoms with E-state index >= 15 is 0 Å². The van der Waals surface area contributed by atoms with Crippen LogP contribution in [-0.4, -0.2) is 62.1 Å². The number of piperidine rings is 1. The maximum atomic E-state index is 13.1. The van der Waals surface area contributed by atoms with Crippen molar-refractivity contribution >= 4 is 23.5 Å². The van der Waals surface area contributed by atoms with Gasteiger partial charge in [0.2, 0.25) is 11.8 Å². The van der Waals surface area contributed by atoms with Gasteiger partial charge in [-0.15, -0.1) is 0 Å². The molecule has 1 saturated heterocycles. The predicted octanol–water partition coefficient (Wildman–Crippen LogP) is 2.87. The van der Waals surface area contributed by atoms with Gasteiger partial charge in [0.1, 0.15) is 17.5 Å². The summed E-state index contributed by atoms with van der Waals surface area (Å²) < 4.78 is 10.6. The maximum absolute atomic E-state index is 13.1. The number of nitrogens with zero attached hydrogens (tertiary/aromatic N) is 1. The Hall–Kier alpha value is -3.75. The number of hydrogen-bond acceptors (Lipinski definition) is 5. The molecule has 0 aromatic heterocycles. The number of urea groups is 1. The highest BCUT2D eigenvalue weighted by Gasteiger charge is 2.27. The molecule has 0 spiro atoms. The van der Waals surface area contributed by atoms with Crippen molar-refractivity contribution < 1.29 is 23.9 Å². The van der Waals surface area contributed by atoms with Gasteiger partial charge in [-0.2, -0.15) is 0 Å². The van der Waals surface area contributed by atoms with Crippen LogP contribution in [0.15, 0.2) is 42.5 Å². The van der Waals surface area contributed by atoms with Crippen molar-refractivity contribution in [2.24, 2.45) is 0 Å². The van der Waals surface area contributed by atoms with Gasteiger partial charge in [-0.25, -0.2) is 4.79 Å². The van der Waals surface area contributed by atoms with Gasteiger partial charge in [-0.3, -0.25) is 9.59 Å². The van der Waals surface area contributed by atoms with Crippen molar-refractivity contribution in [2.45, 2.75) is 45.2 Å². The average molecular weight is 483 g/mol. The number of hydrogen-bond donors (Lipinski definition) is 3. The molecule has 9 heteroatoms. The molecule has 0 radical (unpaired) electrons. The van der Waals surface area contributed by atoms with Crippen LogP contribution in [-0.2, 0) is 16.0 Å². The molecule has 1 atom stereocenters. The Morgan fingerprint density at radius 3 is 2.23 bits per heavy atom. The van der Waals surface area contributed by atoms with E-state index in [0.717, 1.165) is 16.8 Å². The van der Waals surface area contributed by atoms with E-state index in [9.17, 15) is 14.4 Å². The van der Waals surface area contributed by atoms with Crippen LogP contribution >= 0.6 is 0 Å². The highest BCUT2D eigenvalue weighted by atomic mass is 16.5. The molecule has 4 amide bonds. The second kappa shape index (κ2) is 12.1. The SMILES string of the molecule is COc1cc(C[C@H](NC(C)=O)C(=O)NC2CCN(C(=O)Nc3ccccc3C)CC2)cc(OC)c1. The van der Waals surface area contributed by atoms with Gasteiger partial charge >= 0.3 is 6.03 Å². The third-order valence-corrected chi connectivity index (χ3v) is 6.06. The van der Waals surface area contributed by atoms with Gasteiger partial charge < -0.3 is 30.3 Å². The quantitative estimate of drug-likeness (QED) is 0.536. The number of likely N-dealkylation sites (tertiary alicyclic amines) is 1. The average Bonchev–Trinajstić information content (AvgIpc) is 2.84. The van der Waals surface area contributed by atoms with Gasteiger partial charge in [0.05, 0.1) is 14.2 Å². The number of amides is 4. The number of nitrogens with one attached hydrogen (secondary N) is 3. The zero-order valence-corrected chi connectivity index (χ0v) is 20.7. The van der Waals surface area contributed by atoms with Crippen molar-refractivity contribution in [1.29, 1.82) is 0 Å². The monoisotopic (exact) mass is 482 g/mol. The summed E-state index contributed by atoms with van der Waals surface area (Å²) in [7, 11) is 3.12. The highest BCUT2D eigenvalue weighted by molar-refractivity contribution is 5.90. The Kier molecular flexibility index (Phi) is 8.94. The predicted molar refractivity (Wildman–Crippen MR) is 134 cm³/mol. The largest absolute Gasteiger partial charge is 0.497 e. The van der Waals surface area contributed by atoms with Gasteiger partial charge in [0, 0.05) is 44.2 Å². The molecule has 2 aromatic rings. The van der Waals surface area contributed by atoms with Gasteiger partial charge in [0.25, 0.3) is 0 Å². The molecule has 188 valence electrons. The smallest absolute Gasteiger partial charge is 0.321 e. The van der Waals surface area contributed by atoms with Gasteiger partial charge in [-0.1, -0.05) is 18.2 Å². The molecule has 0 bridgehead atoms. The number of methoxy groups -OCH3 is 2. The van der Waals surface area contributed by atoms with Crippen molar-refractivity contribution in [3.63, 3.8) is 0 Å². The van der Waals surface area contributed by atoms with E-state index in [1.165, 1.54) is 6.92 Å². The molecular formula is C26H34N4O5. The highest BCUT2D eigenvalue weighted by Crippen LogP contribution is 2.23. The minimum Gasteiger partial charge on any atom is -0.497 e. The van der Waals surface area contributed by atoms with Crippen LogP contribution in [0, 0.1) is 6.92 Å². The Morgan fingerprint density at radius 1 is 1.03 bits per heavy atom. The number of carbonyl (C=O) groups is 3. The third kappa shape index (κ3) is 7.37. The van der Waals surface area contributed by atoms with Crippen LogP contribution in [0.5, 0.6) is 11.5 Å². The lowest BCUT2D eigenvalue weighted by molar-refractivity contribution is -0.128. The minimum absolute atomic E-state index is 0.0823. The zero-order chi connectivity index (χ0) is 25.4. The lowest BCUT2D eigenvalue weighted by Gasteiger charge is -2.33. The molecule has 3 N–H and O–H groups in total. The summed E-state index contributed by atoms with van der Waals surface area (Å²) in [5.74, 6) is 0.669. The normalized spacial score (nSPS) is 14.6. The number of carbonyl (C=O) groups excluding carboxylic acids is 3. The van der Waals surface area contributed by atoms with Crippen molar-refractivity contribution in [3.8, 4) is 11.5 Å². The van der Waals surface area contributed by atoms with E-state index < -0.39 is 6.04 Å². The van der Waals surface area contributed by atoms with Gasteiger partial charge in [-0.05, 0) is 49.1 Å². The molecule has 9 nitrogen and oxygen atoms in total. The van der Waals surface area contributed by atoms with E-state index in [0.29, 0.717) is 37.4 Å². The van der Waals surface area contributed by atoms with Crippen LogP contribution in [0.3, 0.4) is 0 Å². The van der Waals surface area contributed by atoms with Gasteiger partial charge in [0.15, 0.2) is 0 Å². The Labute approximate surface area is 206 Å². The molecule has 2 aromatic carbocycles. The van der Waals surface area contributed by atoms with E-state index in [1.54, 1.807) is 25.2 Å². The summed E-state index contributed by atoms with van der Waals surface area (Å²) in [6.45, 7) is 4.39. The van der Waals surface area contributed by atoms with E-state index in [4.69, 9.17) is 9.47 Å². The number of rotatable bonds is 8.